The molecule has 1 aliphatic rings. The number of rotatable bonds is 3. The van der Waals surface area contributed by atoms with Crippen LogP contribution in [0.2, 0.25) is 0 Å². The third kappa shape index (κ3) is 3.77. The molecule has 1 aliphatic heterocycles. The topological polar surface area (TPSA) is 70.3 Å². The van der Waals surface area contributed by atoms with Crippen molar-refractivity contribution in [2.45, 2.75) is 58.7 Å². The van der Waals surface area contributed by atoms with Crippen molar-refractivity contribution in [3.63, 3.8) is 0 Å². The molecule has 1 atom stereocenters. The van der Waals surface area contributed by atoms with Crippen molar-refractivity contribution in [1.29, 1.82) is 0 Å². The van der Waals surface area contributed by atoms with Gasteiger partial charge >= 0.3 is 0 Å². The van der Waals surface area contributed by atoms with Gasteiger partial charge in [-0.25, -0.2) is 14.6 Å². The van der Waals surface area contributed by atoms with Crippen LogP contribution in [0.25, 0.3) is 11.0 Å². The quantitative estimate of drug-likeness (QED) is 0.915. The second kappa shape index (κ2) is 6.21. The van der Waals surface area contributed by atoms with E-state index < -0.39 is 5.60 Å². The Morgan fingerprint density at radius 3 is 2.48 bits per heavy atom. The highest BCUT2D eigenvalue weighted by Gasteiger charge is 2.30. The van der Waals surface area contributed by atoms with E-state index in [-0.39, 0.29) is 5.54 Å². The van der Waals surface area contributed by atoms with Crippen molar-refractivity contribution in [2.75, 3.05) is 31.1 Å². The maximum Gasteiger partial charge on any atom is 0.163 e. The number of anilines is 1. The van der Waals surface area contributed by atoms with Gasteiger partial charge in [-0.1, -0.05) is 0 Å². The van der Waals surface area contributed by atoms with E-state index in [1.165, 1.54) is 0 Å². The zero-order valence-corrected chi connectivity index (χ0v) is 16.2. The second-order valence-electron chi connectivity index (χ2n) is 8.75. The summed E-state index contributed by atoms with van der Waals surface area (Å²) in [7, 11) is 0. The Bertz CT molecular complexity index is 742. The zero-order valence-electron chi connectivity index (χ0n) is 16.2. The summed E-state index contributed by atoms with van der Waals surface area (Å²) < 4.78 is 1.96. The molecule has 25 heavy (non-hydrogen) atoms. The van der Waals surface area contributed by atoms with Crippen LogP contribution in [-0.4, -0.2) is 67.6 Å². The van der Waals surface area contributed by atoms with Gasteiger partial charge < -0.3 is 10.0 Å². The minimum atomic E-state index is -0.669. The summed E-state index contributed by atoms with van der Waals surface area (Å²) in [5.74, 6) is 0.955. The van der Waals surface area contributed by atoms with Gasteiger partial charge in [-0.05, 0) is 41.5 Å². The van der Waals surface area contributed by atoms with Crippen LogP contribution in [0.15, 0.2) is 12.5 Å². The van der Waals surface area contributed by atoms with Crippen LogP contribution in [0.3, 0.4) is 0 Å². The van der Waals surface area contributed by atoms with E-state index in [0.29, 0.717) is 12.6 Å². The molecule has 0 amide bonds. The van der Waals surface area contributed by atoms with Crippen molar-refractivity contribution in [3.05, 3.63) is 12.5 Å². The second-order valence-corrected chi connectivity index (χ2v) is 8.75. The van der Waals surface area contributed by atoms with Gasteiger partial charge in [-0.15, -0.1) is 0 Å². The van der Waals surface area contributed by atoms with Crippen LogP contribution in [0.4, 0.5) is 5.82 Å². The minimum absolute atomic E-state index is 0.121. The summed E-state index contributed by atoms with van der Waals surface area (Å²) >= 11 is 0. The molecule has 1 fully saturated rings. The first kappa shape index (κ1) is 18.1. The van der Waals surface area contributed by atoms with Crippen LogP contribution in [0.1, 0.15) is 41.5 Å². The lowest BCUT2D eigenvalue weighted by atomic mass is 10.1. The van der Waals surface area contributed by atoms with Gasteiger partial charge in [0.2, 0.25) is 0 Å². The van der Waals surface area contributed by atoms with Gasteiger partial charge in [-0.2, -0.15) is 5.10 Å². The third-order valence-corrected chi connectivity index (χ3v) is 4.57. The average Bonchev–Trinajstić information content (AvgIpc) is 2.89. The molecule has 0 spiro atoms. The Balaban J connectivity index is 1.87. The molecule has 0 aromatic carbocycles. The standard InChI is InChI=1S/C18H30N6O/c1-13-10-22(11-18(5,6)25)7-8-23(13)15-14-9-21-24(17(2,3)4)16(14)20-12-19-15/h9,12-13,25H,7-8,10-11H2,1-6H3. The fourth-order valence-electron chi connectivity index (χ4n) is 3.59. The first-order valence-corrected chi connectivity index (χ1v) is 8.97. The number of aromatic nitrogens is 4. The van der Waals surface area contributed by atoms with E-state index in [4.69, 9.17) is 0 Å². The molecule has 2 aromatic heterocycles. The van der Waals surface area contributed by atoms with Crippen molar-refractivity contribution in [2.24, 2.45) is 0 Å². The van der Waals surface area contributed by atoms with Gasteiger partial charge in [0, 0.05) is 32.2 Å². The molecule has 7 heteroatoms. The van der Waals surface area contributed by atoms with Crippen LogP contribution < -0.4 is 4.90 Å². The first-order chi connectivity index (χ1) is 11.6. The molecule has 2 aromatic rings. The predicted molar refractivity (Wildman–Crippen MR) is 99.9 cm³/mol. The molecule has 138 valence electrons. The number of nitrogens with zero attached hydrogens (tertiary/aromatic N) is 6. The normalized spacial score (nSPS) is 20.4. The molecule has 3 heterocycles. The SMILES string of the molecule is CC1CN(CC(C)(C)O)CCN1c1ncnc2c1cnn2C(C)(C)C. The van der Waals surface area contributed by atoms with E-state index in [1.807, 2.05) is 24.7 Å². The van der Waals surface area contributed by atoms with E-state index in [1.54, 1.807) is 6.33 Å². The highest BCUT2D eigenvalue weighted by Crippen LogP contribution is 2.28. The monoisotopic (exact) mass is 346 g/mol. The highest BCUT2D eigenvalue weighted by atomic mass is 16.3. The van der Waals surface area contributed by atoms with Crippen LogP contribution in [-0.2, 0) is 5.54 Å². The van der Waals surface area contributed by atoms with Crippen molar-refractivity contribution in [1.82, 2.24) is 24.6 Å². The third-order valence-electron chi connectivity index (χ3n) is 4.57. The molecule has 1 saturated heterocycles. The van der Waals surface area contributed by atoms with Gasteiger partial charge in [0.25, 0.3) is 0 Å². The largest absolute Gasteiger partial charge is 0.389 e. The Hall–Kier alpha value is -1.73. The van der Waals surface area contributed by atoms with Gasteiger partial charge in [0.15, 0.2) is 5.65 Å². The van der Waals surface area contributed by atoms with E-state index in [9.17, 15) is 5.11 Å². The molecule has 0 aliphatic carbocycles. The number of piperazine rings is 1. The molecule has 0 radical (unpaired) electrons. The summed E-state index contributed by atoms with van der Waals surface area (Å²) in [4.78, 5) is 13.7. The molecular weight excluding hydrogens is 316 g/mol. The summed E-state index contributed by atoms with van der Waals surface area (Å²) in [6, 6.07) is 0.312. The maximum absolute atomic E-state index is 10.1. The Morgan fingerprint density at radius 1 is 1.16 bits per heavy atom. The molecule has 0 bridgehead atoms. The minimum Gasteiger partial charge on any atom is -0.389 e. The molecule has 1 N–H and O–H groups in total. The number of β-amino-alcohol motifs (C(OH)–C–C–N with tert-alkyl or cyclic N) is 1. The first-order valence-electron chi connectivity index (χ1n) is 8.97. The molecule has 0 saturated carbocycles. The predicted octanol–water partition coefficient (Wildman–Crippen LogP) is 1.86. The lowest BCUT2D eigenvalue weighted by Gasteiger charge is -2.42. The smallest absolute Gasteiger partial charge is 0.163 e. The van der Waals surface area contributed by atoms with E-state index >= 15 is 0 Å². The lowest BCUT2D eigenvalue weighted by molar-refractivity contribution is 0.0307. The van der Waals surface area contributed by atoms with Crippen LogP contribution >= 0.6 is 0 Å². The van der Waals surface area contributed by atoms with Crippen molar-refractivity contribution < 1.29 is 5.11 Å². The number of hydrogen-bond acceptors (Lipinski definition) is 6. The Kier molecular flexibility index (Phi) is 4.49. The Labute approximate surface area is 149 Å². The van der Waals surface area contributed by atoms with Crippen LogP contribution in [0.5, 0.6) is 0 Å². The van der Waals surface area contributed by atoms with Crippen LogP contribution in [0, 0.1) is 0 Å². The number of hydrogen-bond donors (Lipinski definition) is 1. The summed E-state index contributed by atoms with van der Waals surface area (Å²) in [5.41, 5.74) is 0.0890. The summed E-state index contributed by atoms with van der Waals surface area (Å²) in [6.07, 6.45) is 3.52. The summed E-state index contributed by atoms with van der Waals surface area (Å²) in [6.45, 7) is 15.7. The molecule has 1 unspecified atom stereocenters. The Morgan fingerprint density at radius 2 is 1.88 bits per heavy atom. The molecule has 7 nitrogen and oxygen atoms in total. The van der Waals surface area contributed by atoms with Crippen molar-refractivity contribution in [3.8, 4) is 0 Å². The maximum atomic E-state index is 10.1. The van der Waals surface area contributed by atoms with Gasteiger partial charge in [-0.3, -0.25) is 4.90 Å². The van der Waals surface area contributed by atoms with Gasteiger partial charge in [0.1, 0.15) is 12.1 Å². The number of aliphatic hydroxyl groups is 1. The lowest BCUT2D eigenvalue weighted by Crippen LogP contribution is -2.55. The van der Waals surface area contributed by atoms with Crippen molar-refractivity contribution >= 4 is 16.9 Å². The fourth-order valence-corrected chi connectivity index (χ4v) is 3.59. The zero-order chi connectivity index (χ0) is 18.4. The highest BCUT2D eigenvalue weighted by molar-refractivity contribution is 5.87. The van der Waals surface area contributed by atoms with E-state index in [0.717, 1.165) is 36.5 Å². The van der Waals surface area contributed by atoms with E-state index in [2.05, 4.69) is 52.6 Å². The summed E-state index contributed by atoms with van der Waals surface area (Å²) in [5, 5.41) is 15.6. The average molecular weight is 346 g/mol. The number of fused-ring (bicyclic) bond motifs is 1. The fraction of sp³-hybridized carbons (Fsp3) is 0.722. The van der Waals surface area contributed by atoms with Gasteiger partial charge in [0.05, 0.1) is 22.7 Å². The molecule has 3 rings (SSSR count). The molecular formula is C18H30N6O.